The number of aldehydes is 1. The zero-order valence-electron chi connectivity index (χ0n) is 13.1. The van der Waals surface area contributed by atoms with Crippen LogP contribution in [0.4, 0.5) is 13.2 Å². The van der Waals surface area contributed by atoms with Gasteiger partial charge in [0.15, 0.2) is 0 Å². The molecular formula is C16H20F3NO4. The second kappa shape index (κ2) is 8.89. The van der Waals surface area contributed by atoms with E-state index in [1.807, 2.05) is 0 Å². The molecular weight excluding hydrogens is 327 g/mol. The van der Waals surface area contributed by atoms with Crippen LogP contribution in [0.3, 0.4) is 0 Å². The van der Waals surface area contributed by atoms with Crippen molar-refractivity contribution in [3.05, 3.63) is 24.3 Å². The lowest BCUT2D eigenvalue weighted by Crippen LogP contribution is -2.39. The highest BCUT2D eigenvalue weighted by atomic mass is 19.4. The maximum Gasteiger partial charge on any atom is 0.573 e. The van der Waals surface area contributed by atoms with E-state index in [9.17, 15) is 18.0 Å². The van der Waals surface area contributed by atoms with Gasteiger partial charge in [0.1, 0.15) is 30.5 Å². The van der Waals surface area contributed by atoms with Crippen molar-refractivity contribution in [2.75, 3.05) is 32.8 Å². The smallest absolute Gasteiger partial charge is 0.490 e. The summed E-state index contributed by atoms with van der Waals surface area (Å²) < 4.78 is 51.0. The molecule has 0 aliphatic carbocycles. The second-order valence-corrected chi connectivity index (χ2v) is 5.42. The van der Waals surface area contributed by atoms with Crippen LogP contribution in [-0.2, 0) is 9.53 Å². The third-order valence-electron chi connectivity index (χ3n) is 3.63. The molecule has 8 heteroatoms. The molecule has 24 heavy (non-hydrogen) atoms. The van der Waals surface area contributed by atoms with Crippen LogP contribution in [0.25, 0.3) is 0 Å². The van der Waals surface area contributed by atoms with E-state index in [1.165, 1.54) is 24.3 Å². The van der Waals surface area contributed by atoms with Crippen LogP contribution in [0.2, 0.25) is 0 Å². The lowest BCUT2D eigenvalue weighted by molar-refractivity contribution is -0.274. The Hall–Kier alpha value is -1.80. The normalized spacial score (nSPS) is 16.8. The summed E-state index contributed by atoms with van der Waals surface area (Å²) in [5.74, 6) is 0.261. The number of hydrogen-bond acceptors (Lipinski definition) is 5. The van der Waals surface area contributed by atoms with Gasteiger partial charge in [-0.2, -0.15) is 0 Å². The van der Waals surface area contributed by atoms with E-state index < -0.39 is 6.36 Å². The van der Waals surface area contributed by atoms with E-state index in [1.54, 1.807) is 0 Å². The fourth-order valence-electron chi connectivity index (χ4n) is 2.49. The third kappa shape index (κ3) is 6.76. The highest BCUT2D eigenvalue weighted by molar-refractivity contribution is 5.50. The number of benzene rings is 1. The molecule has 0 unspecified atom stereocenters. The lowest BCUT2D eigenvalue weighted by atomic mass is 10.1. The van der Waals surface area contributed by atoms with Crippen LogP contribution in [0.1, 0.15) is 12.8 Å². The van der Waals surface area contributed by atoms with Crippen molar-refractivity contribution < 1.29 is 32.2 Å². The van der Waals surface area contributed by atoms with Crippen molar-refractivity contribution in [2.24, 2.45) is 0 Å². The number of nitrogens with zero attached hydrogens (tertiary/aromatic N) is 1. The Bertz CT molecular complexity index is 499. The summed E-state index contributed by atoms with van der Waals surface area (Å²) in [6, 6.07) is 5.42. The number of likely N-dealkylation sites (tertiary alicyclic amines) is 1. The summed E-state index contributed by atoms with van der Waals surface area (Å²) in [7, 11) is 0. The molecule has 0 saturated carbocycles. The van der Waals surface area contributed by atoms with E-state index in [0.29, 0.717) is 12.4 Å². The molecule has 0 atom stereocenters. The summed E-state index contributed by atoms with van der Waals surface area (Å²) >= 11 is 0. The van der Waals surface area contributed by atoms with Gasteiger partial charge in [0, 0.05) is 19.6 Å². The molecule has 1 heterocycles. The lowest BCUT2D eigenvalue weighted by Gasteiger charge is -2.32. The van der Waals surface area contributed by atoms with Crippen molar-refractivity contribution in [1.82, 2.24) is 4.90 Å². The molecule has 1 aliphatic heterocycles. The molecule has 0 bridgehead atoms. The number of hydrogen-bond donors (Lipinski definition) is 0. The minimum absolute atomic E-state index is 0.0338. The van der Waals surface area contributed by atoms with Crippen molar-refractivity contribution in [3.63, 3.8) is 0 Å². The average molecular weight is 347 g/mol. The van der Waals surface area contributed by atoms with Crippen molar-refractivity contribution >= 4 is 6.29 Å². The molecule has 1 aromatic carbocycles. The summed E-state index contributed by atoms with van der Waals surface area (Å²) in [6.45, 7) is 3.11. The Labute approximate surface area is 138 Å². The maximum atomic E-state index is 12.1. The number of piperidine rings is 1. The van der Waals surface area contributed by atoms with Gasteiger partial charge in [-0.15, -0.1) is 13.2 Å². The first-order chi connectivity index (χ1) is 11.5. The van der Waals surface area contributed by atoms with Crippen molar-refractivity contribution in [1.29, 1.82) is 0 Å². The predicted octanol–water partition coefficient (Wildman–Crippen LogP) is 2.64. The minimum Gasteiger partial charge on any atom is -0.490 e. The zero-order chi connectivity index (χ0) is 17.4. The second-order valence-electron chi connectivity index (χ2n) is 5.42. The van der Waals surface area contributed by atoms with Gasteiger partial charge in [-0.25, -0.2) is 0 Å². The predicted molar refractivity (Wildman–Crippen MR) is 80.1 cm³/mol. The molecule has 0 aromatic heterocycles. The molecule has 1 aliphatic rings. The highest BCUT2D eigenvalue weighted by Gasteiger charge is 2.31. The number of carbonyl (C=O) groups excluding carboxylic acids is 1. The first-order valence-corrected chi connectivity index (χ1v) is 7.72. The van der Waals surface area contributed by atoms with Crippen molar-refractivity contribution in [2.45, 2.75) is 25.3 Å². The van der Waals surface area contributed by atoms with Gasteiger partial charge in [-0.05, 0) is 37.1 Å². The zero-order valence-corrected chi connectivity index (χ0v) is 13.1. The number of halogens is 3. The van der Waals surface area contributed by atoms with Crippen molar-refractivity contribution in [3.8, 4) is 11.5 Å². The summed E-state index contributed by atoms with van der Waals surface area (Å²) in [5, 5.41) is 0. The number of ether oxygens (including phenoxy) is 3. The first-order valence-electron chi connectivity index (χ1n) is 7.72. The van der Waals surface area contributed by atoms with Gasteiger partial charge < -0.3 is 23.9 Å². The molecule has 5 nitrogen and oxygen atoms in total. The monoisotopic (exact) mass is 347 g/mol. The Kier molecular flexibility index (Phi) is 6.86. The highest BCUT2D eigenvalue weighted by Crippen LogP contribution is 2.26. The van der Waals surface area contributed by atoms with Crippen LogP contribution in [-0.4, -0.2) is 56.5 Å². The van der Waals surface area contributed by atoms with E-state index >= 15 is 0 Å². The summed E-state index contributed by atoms with van der Waals surface area (Å²) in [5.41, 5.74) is 0. The molecule has 0 radical (unpaired) electrons. The van der Waals surface area contributed by atoms with Crippen LogP contribution >= 0.6 is 0 Å². The Morgan fingerprint density at radius 1 is 1.12 bits per heavy atom. The van der Waals surface area contributed by atoms with Crippen LogP contribution < -0.4 is 9.47 Å². The molecule has 1 saturated heterocycles. The Balaban J connectivity index is 1.70. The number of rotatable bonds is 8. The molecule has 0 spiro atoms. The van der Waals surface area contributed by atoms with Gasteiger partial charge in [-0.3, -0.25) is 0 Å². The standard InChI is InChI=1S/C16H20F3NO4/c17-16(18,19)24-15-3-1-13(2-4-15)23-14-5-7-20(8-6-14)9-11-22-12-10-21/h1-4,10,14H,5-9,11-12H2. The first kappa shape index (κ1) is 18.5. The van der Waals surface area contributed by atoms with E-state index in [-0.39, 0.29) is 18.5 Å². The minimum atomic E-state index is -4.69. The van der Waals surface area contributed by atoms with Crippen LogP contribution in [0.5, 0.6) is 11.5 Å². The molecule has 0 amide bonds. The van der Waals surface area contributed by atoms with Gasteiger partial charge in [-0.1, -0.05) is 0 Å². The summed E-state index contributed by atoms with van der Waals surface area (Å²) in [4.78, 5) is 12.4. The fourth-order valence-corrected chi connectivity index (χ4v) is 2.49. The van der Waals surface area contributed by atoms with E-state index in [4.69, 9.17) is 9.47 Å². The number of alkyl halides is 3. The fraction of sp³-hybridized carbons (Fsp3) is 0.562. The topological polar surface area (TPSA) is 48.0 Å². The summed E-state index contributed by atoms with van der Waals surface area (Å²) in [6.07, 6.45) is -2.27. The number of carbonyl (C=O) groups is 1. The van der Waals surface area contributed by atoms with Gasteiger partial charge in [0.25, 0.3) is 0 Å². The Morgan fingerprint density at radius 3 is 2.33 bits per heavy atom. The maximum absolute atomic E-state index is 12.1. The molecule has 1 fully saturated rings. The van der Waals surface area contributed by atoms with Gasteiger partial charge in [0.2, 0.25) is 0 Å². The SMILES string of the molecule is O=CCOCCN1CCC(Oc2ccc(OC(F)(F)F)cc2)CC1. The third-order valence-corrected chi connectivity index (χ3v) is 3.63. The van der Waals surface area contributed by atoms with Crippen LogP contribution in [0, 0.1) is 0 Å². The van der Waals surface area contributed by atoms with E-state index in [2.05, 4.69) is 9.64 Å². The van der Waals surface area contributed by atoms with Crippen LogP contribution in [0.15, 0.2) is 24.3 Å². The average Bonchev–Trinajstić information content (AvgIpc) is 2.54. The van der Waals surface area contributed by atoms with Gasteiger partial charge in [0.05, 0.1) is 6.61 Å². The molecule has 134 valence electrons. The molecule has 1 aromatic rings. The molecule has 0 N–H and O–H groups in total. The van der Waals surface area contributed by atoms with E-state index in [0.717, 1.165) is 38.8 Å². The van der Waals surface area contributed by atoms with Gasteiger partial charge >= 0.3 is 6.36 Å². The Morgan fingerprint density at radius 2 is 1.75 bits per heavy atom. The largest absolute Gasteiger partial charge is 0.573 e. The quantitative estimate of drug-likeness (QED) is 0.534. The molecule has 2 rings (SSSR count).